The maximum Gasteiger partial charge on any atom is 0.287 e. The molecule has 0 unspecified atom stereocenters. The molecule has 10 heteroatoms. The monoisotopic (exact) mass is 568 g/mol. The Morgan fingerprint density at radius 2 is 1.93 bits per heavy atom. The molecule has 2 aromatic heterocycles. The van der Waals surface area contributed by atoms with E-state index >= 15 is 0 Å². The van der Waals surface area contributed by atoms with E-state index in [-0.39, 0.29) is 17.4 Å². The van der Waals surface area contributed by atoms with Crippen molar-refractivity contribution in [3.8, 4) is 11.5 Å². The Hall–Kier alpha value is -3.24. The predicted octanol–water partition coefficient (Wildman–Crippen LogP) is 5.26. The molecule has 0 spiro atoms. The molecule has 3 aromatic rings. The number of anilines is 1. The van der Waals surface area contributed by atoms with Crippen LogP contribution in [0, 0.1) is 0 Å². The minimum absolute atomic E-state index is 0.0903. The highest BCUT2D eigenvalue weighted by molar-refractivity contribution is 7.98. The number of nitrogens with one attached hydrogen (secondary N) is 1. The highest BCUT2D eigenvalue weighted by Crippen LogP contribution is 2.30. The number of benzene rings is 1. The number of likely N-dealkylation sites (N-methyl/N-ethyl adjacent to an activating group) is 1. The smallest absolute Gasteiger partial charge is 0.287 e. The summed E-state index contributed by atoms with van der Waals surface area (Å²) in [7, 11) is 5.32. The second-order valence-corrected chi connectivity index (χ2v) is 11.8. The first-order valence-electron chi connectivity index (χ1n) is 13.6. The quantitative estimate of drug-likeness (QED) is 0.232. The number of carbonyl (C=O) groups is 1. The van der Waals surface area contributed by atoms with E-state index in [0.717, 1.165) is 61.0 Å². The van der Waals surface area contributed by atoms with E-state index in [4.69, 9.17) is 28.6 Å². The number of amides is 1. The molecule has 0 aliphatic carbocycles. The standard InChI is InChI=1S/C30H40N4O5S/c1-30(2,3)26-17-27(34(4)14-13-20-9-11-23(36-5)25(16-20)37-6)33-29(32-26)40-19-22-10-12-24(39-22)28(35)31-18-21-8-7-15-38-21/h9-12,16-17,21H,7-8,13-15,18-19H2,1-6H3,(H,31,35)/t21-/m1/s1. The van der Waals surface area contributed by atoms with Crippen LogP contribution >= 0.6 is 11.8 Å². The molecule has 1 fully saturated rings. The maximum atomic E-state index is 12.5. The molecule has 1 saturated heterocycles. The van der Waals surface area contributed by atoms with Gasteiger partial charge in [-0.25, -0.2) is 9.97 Å². The van der Waals surface area contributed by atoms with Crippen molar-refractivity contribution in [3.63, 3.8) is 0 Å². The van der Waals surface area contributed by atoms with Crippen LogP contribution in [0.15, 0.2) is 46.0 Å². The fourth-order valence-corrected chi connectivity index (χ4v) is 5.06. The number of rotatable bonds is 12. The molecule has 1 aliphatic heterocycles. The molecular formula is C30H40N4O5S. The van der Waals surface area contributed by atoms with Crippen LogP contribution in [-0.2, 0) is 22.3 Å². The number of methoxy groups -OCH3 is 2. The summed E-state index contributed by atoms with van der Waals surface area (Å²) >= 11 is 1.49. The van der Waals surface area contributed by atoms with Crippen LogP contribution in [0.3, 0.4) is 0 Å². The average molecular weight is 569 g/mol. The minimum atomic E-state index is -0.226. The van der Waals surface area contributed by atoms with Crippen molar-refractivity contribution in [2.45, 2.75) is 62.5 Å². The normalized spacial score (nSPS) is 15.2. The molecular weight excluding hydrogens is 528 g/mol. The fourth-order valence-electron chi connectivity index (χ4n) is 4.32. The van der Waals surface area contributed by atoms with Crippen LogP contribution in [0.25, 0.3) is 0 Å². The van der Waals surface area contributed by atoms with Crippen molar-refractivity contribution in [1.82, 2.24) is 15.3 Å². The molecule has 0 radical (unpaired) electrons. The van der Waals surface area contributed by atoms with Gasteiger partial charge in [-0.15, -0.1) is 0 Å². The molecule has 1 aliphatic rings. The van der Waals surface area contributed by atoms with Crippen LogP contribution < -0.4 is 19.7 Å². The summed E-state index contributed by atoms with van der Waals surface area (Å²) in [4.78, 5) is 24.3. The van der Waals surface area contributed by atoms with E-state index in [0.29, 0.717) is 29.0 Å². The number of carbonyl (C=O) groups excluding carboxylic acids is 1. The number of hydrogen-bond acceptors (Lipinski definition) is 9. The lowest BCUT2D eigenvalue weighted by atomic mass is 9.92. The Balaban J connectivity index is 1.40. The highest BCUT2D eigenvalue weighted by Gasteiger charge is 2.21. The molecule has 1 amide bonds. The van der Waals surface area contributed by atoms with Crippen molar-refractivity contribution >= 4 is 23.5 Å². The molecule has 1 N–H and O–H groups in total. The van der Waals surface area contributed by atoms with Gasteiger partial charge in [-0.05, 0) is 49.1 Å². The molecule has 9 nitrogen and oxygen atoms in total. The lowest BCUT2D eigenvalue weighted by molar-refractivity contribution is 0.0834. The van der Waals surface area contributed by atoms with E-state index < -0.39 is 0 Å². The van der Waals surface area contributed by atoms with Crippen molar-refractivity contribution in [2.24, 2.45) is 0 Å². The molecule has 40 heavy (non-hydrogen) atoms. The van der Waals surface area contributed by atoms with Crippen molar-refractivity contribution in [3.05, 3.63) is 59.2 Å². The number of hydrogen-bond donors (Lipinski definition) is 1. The Kier molecular flexibility index (Phi) is 9.97. The molecule has 0 bridgehead atoms. The van der Waals surface area contributed by atoms with Crippen molar-refractivity contribution < 1.29 is 23.4 Å². The Morgan fingerprint density at radius 1 is 1.12 bits per heavy atom. The first-order valence-corrected chi connectivity index (χ1v) is 14.6. The largest absolute Gasteiger partial charge is 0.493 e. The van der Waals surface area contributed by atoms with Crippen molar-refractivity contribution in [2.75, 3.05) is 45.9 Å². The van der Waals surface area contributed by atoms with Crippen LogP contribution in [0.4, 0.5) is 5.82 Å². The van der Waals surface area contributed by atoms with Gasteiger partial charge in [0.1, 0.15) is 11.6 Å². The SMILES string of the molecule is COc1ccc(CCN(C)c2cc(C(C)(C)C)nc(SCc3ccc(C(=O)NC[C@H]4CCCO4)o3)n2)cc1OC. The van der Waals surface area contributed by atoms with Crippen LogP contribution in [0.2, 0.25) is 0 Å². The van der Waals surface area contributed by atoms with Gasteiger partial charge in [-0.2, -0.15) is 0 Å². The number of thioether (sulfide) groups is 1. The molecule has 1 atom stereocenters. The fraction of sp³-hybridized carbons (Fsp3) is 0.500. The minimum Gasteiger partial charge on any atom is -0.493 e. The second-order valence-electron chi connectivity index (χ2n) is 10.9. The summed E-state index contributed by atoms with van der Waals surface area (Å²) < 4.78 is 22.2. The van der Waals surface area contributed by atoms with Gasteiger partial charge < -0.3 is 28.8 Å². The summed E-state index contributed by atoms with van der Waals surface area (Å²) in [6, 6.07) is 11.6. The van der Waals surface area contributed by atoms with Gasteiger partial charge in [0, 0.05) is 38.2 Å². The average Bonchev–Trinajstić information content (AvgIpc) is 3.65. The second kappa shape index (κ2) is 13.4. The van der Waals surface area contributed by atoms with Crippen LogP contribution in [0.5, 0.6) is 11.5 Å². The molecule has 3 heterocycles. The van der Waals surface area contributed by atoms with Crippen LogP contribution in [0.1, 0.15) is 61.2 Å². The van der Waals surface area contributed by atoms with Crippen molar-refractivity contribution in [1.29, 1.82) is 0 Å². The third kappa shape index (κ3) is 7.91. The van der Waals surface area contributed by atoms with E-state index in [2.05, 4.69) is 43.1 Å². The van der Waals surface area contributed by atoms with Gasteiger partial charge >= 0.3 is 0 Å². The molecule has 0 saturated carbocycles. The number of ether oxygens (including phenoxy) is 3. The first kappa shape index (κ1) is 29.7. The third-order valence-corrected chi connectivity index (χ3v) is 7.65. The zero-order valence-corrected chi connectivity index (χ0v) is 25.1. The van der Waals surface area contributed by atoms with Crippen LogP contribution in [-0.4, -0.2) is 62.9 Å². The zero-order valence-electron chi connectivity index (χ0n) is 24.3. The van der Waals surface area contributed by atoms with E-state index in [1.807, 2.05) is 25.2 Å². The lowest BCUT2D eigenvalue weighted by Crippen LogP contribution is -2.31. The summed E-state index contributed by atoms with van der Waals surface area (Å²) in [6.45, 7) is 8.46. The van der Waals surface area contributed by atoms with Gasteiger partial charge in [0.25, 0.3) is 5.91 Å². The predicted molar refractivity (Wildman–Crippen MR) is 157 cm³/mol. The number of nitrogens with zero attached hydrogens (tertiary/aromatic N) is 3. The maximum absolute atomic E-state index is 12.5. The summed E-state index contributed by atoms with van der Waals surface area (Å²) in [5.41, 5.74) is 1.97. The Bertz CT molecular complexity index is 1280. The first-order chi connectivity index (χ1) is 19.2. The lowest BCUT2D eigenvalue weighted by Gasteiger charge is -2.23. The van der Waals surface area contributed by atoms with Gasteiger partial charge in [0.15, 0.2) is 22.4 Å². The van der Waals surface area contributed by atoms with E-state index in [1.165, 1.54) is 11.8 Å². The Labute approximate surface area is 241 Å². The molecule has 216 valence electrons. The summed E-state index contributed by atoms with van der Waals surface area (Å²) in [6.07, 6.45) is 2.92. The third-order valence-electron chi connectivity index (χ3n) is 6.78. The van der Waals surface area contributed by atoms with Gasteiger partial charge in [-0.1, -0.05) is 38.6 Å². The number of aromatic nitrogens is 2. The van der Waals surface area contributed by atoms with Gasteiger partial charge in [0.2, 0.25) is 0 Å². The van der Waals surface area contributed by atoms with E-state index in [1.54, 1.807) is 20.3 Å². The van der Waals surface area contributed by atoms with E-state index in [9.17, 15) is 4.79 Å². The number of furan rings is 1. The molecule has 4 rings (SSSR count). The molecule has 1 aromatic carbocycles. The topological polar surface area (TPSA) is 99.0 Å². The summed E-state index contributed by atoms with van der Waals surface area (Å²) in [5, 5.41) is 3.57. The highest BCUT2D eigenvalue weighted by atomic mass is 32.2. The summed E-state index contributed by atoms with van der Waals surface area (Å²) in [5.74, 6) is 3.58. The Morgan fingerprint density at radius 3 is 2.62 bits per heavy atom. The van der Waals surface area contributed by atoms with Gasteiger partial charge in [0.05, 0.1) is 31.8 Å². The zero-order chi connectivity index (χ0) is 28.7. The van der Waals surface area contributed by atoms with Gasteiger partial charge in [-0.3, -0.25) is 4.79 Å².